The molecule has 0 spiro atoms. The standard InChI is InChI=1S/C12H22N2/c1-6-8-11(12(13)14-5)10(4)9(3)7-2/h6,8-9H,7H2,1-5H3,(H2,13,14)/b8-6-,11-10+/t9-/m1/s1. The summed E-state index contributed by atoms with van der Waals surface area (Å²) < 4.78 is 0. The smallest absolute Gasteiger partial charge is 0.125 e. The molecule has 0 saturated carbocycles. The first kappa shape index (κ1) is 12.9. The fourth-order valence-corrected chi connectivity index (χ4v) is 1.28. The van der Waals surface area contributed by atoms with Gasteiger partial charge in [0.25, 0.3) is 0 Å². The molecule has 0 amide bonds. The van der Waals surface area contributed by atoms with Gasteiger partial charge in [0.2, 0.25) is 0 Å². The van der Waals surface area contributed by atoms with Crippen LogP contribution in [0.4, 0.5) is 0 Å². The normalized spacial score (nSPS) is 17.1. The molecule has 0 fully saturated rings. The Kier molecular flexibility index (Phi) is 5.93. The highest BCUT2D eigenvalue weighted by Gasteiger charge is 2.08. The molecule has 2 nitrogen and oxygen atoms in total. The molecule has 1 atom stereocenters. The number of amidine groups is 1. The maximum Gasteiger partial charge on any atom is 0.125 e. The third kappa shape index (κ3) is 3.36. The van der Waals surface area contributed by atoms with Gasteiger partial charge in [-0.25, -0.2) is 0 Å². The predicted octanol–water partition coefficient (Wildman–Crippen LogP) is 2.91. The van der Waals surface area contributed by atoms with Crippen LogP contribution in [0, 0.1) is 5.92 Å². The minimum atomic E-state index is 0.557. The van der Waals surface area contributed by atoms with E-state index in [1.807, 2.05) is 19.1 Å². The van der Waals surface area contributed by atoms with Gasteiger partial charge in [-0.15, -0.1) is 0 Å². The lowest BCUT2D eigenvalue weighted by molar-refractivity contribution is 0.653. The van der Waals surface area contributed by atoms with Gasteiger partial charge >= 0.3 is 0 Å². The van der Waals surface area contributed by atoms with Crippen molar-refractivity contribution in [2.45, 2.75) is 34.1 Å². The quantitative estimate of drug-likeness (QED) is 0.417. The second-order valence-corrected chi connectivity index (χ2v) is 3.51. The monoisotopic (exact) mass is 194 g/mol. The third-order valence-electron chi connectivity index (χ3n) is 2.63. The zero-order chi connectivity index (χ0) is 11.1. The molecule has 2 N–H and O–H groups in total. The van der Waals surface area contributed by atoms with E-state index in [-0.39, 0.29) is 0 Å². The Morgan fingerprint density at radius 1 is 1.50 bits per heavy atom. The number of aliphatic imine (C=N–C) groups is 1. The van der Waals surface area contributed by atoms with Gasteiger partial charge in [-0.2, -0.15) is 0 Å². The van der Waals surface area contributed by atoms with Crippen LogP contribution in [-0.2, 0) is 0 Å². The fourth-order valence-electron chi connectivity index (χ4n) is 1.28. The van der Waals surface area contributed by atoms with Gasteiger partial charge in [-0.05, 0) is 26.2 Å². The van der Waals surface area contributed by atoms with E-state index in [1.54, 1.807) is 7.05 Å². The van der Waals surface area contributed by atoms with Crippen molar-refractivity contribution in [2.75, 3.05) is 7.05 Å². The first-order valence-corrected chi connectivity index (χ1v) is 5.14. The van der Waals surface area contributed by atoms with Gasteiger partial charge < -0.3 is 5.73 Å². The molecule has 14 heavy (non-hydrogen) atoms. The molecule has 0 radical (unpaired) electrons. The highest BCUT2D eigenvalue weighted by atomic mass is 14.8. The van der Waals surface area contributed by atoms with E-state index in [9.17, 15) is 0 Å². The molecule has 0 rings (SSSR count). The first-order chi connectivity index (χ1) is 6.58. The van der Waals surface area contributed by atoms with E-state index in [0.717, 1.165) is 12.0 Å². The van der Waals surface area contributed by atoms with Crippen LogP contribution in [-0.4, -0.2) is 12.9 Å². The average molecular weight is 194 g/mol. The Morgan fingerprint density at radius 3 is 2.43 bits per heavy atom. The summed E-state index contributed by atoms with van der Waals surface area (Å²) in [6.45, 7) is 8.51. The second-order valence-electron chi connectivity index (χ2n) is 3.51. The maximum absolute atomic E-state index is 5.84. The lowest BCUT2D eigenvalue weighted by Crippen LogP contribution is -2.16. The largest absolute Gasteiger partial charge is 0.384 e. The van der Waals surface area contributed by atoms with Crippen LogP contribution in [0.5, 0.6) is 0 Å². The number of nitrogens with two attached hydrogens (primary N) is 1. The first-order valence-electron chi connectivity index (χ1n) is 5.14. The van der Waals surface area contributed by atoms with Crippen molar-refractivity contribution >= 4 is 5.84 Å². The number of rotatable bonds is 4. The van der Waals surface area contributed by atoms with E-state index in [4.69, 9.17) is 5.73 Å². The number of allylic oxidation sites excluding steroid dienone is 2. The third-order valence-corrected chi connectivity index (χ3v) is 2.63. The van der Waals surface area contributed by atoms with Gasteiger partial charge in [0.1, 0.15) is 5.84 Å². The Hall–Kier alpha value is -1.05. The molecule has 0 aliphatic carbocycles. The summed E-state index contributed by atoms with van der Waals surface area (Å²) in [4.78, 5) is 4.03. The Labute approximate surface area is 87.6 Å². The number of nitrogens with zero attached hydrogens (tertiary/aromatic N) is 1. The van der Waals surface area contributed by atoms with E-state index in [2.05, 4.69) is 25.8 Å². The lowest BCUT2D eigenvalue weighted by Gasteiger charge is -2.13. The van der Waals surface area contributed by atoms with Crippen LogP contribution in [0.1, 0.15) is 34.1 Å². The van der Waals surface area contributed by atoms with Crippen molar-refractivity contribution in [2.24, 2.45) is 16.6 Å². The van der Waals surface area contributed by atoms with Gasteiger partial charge in [0, 0.05) is 12.6 Å². The van der Waals surface area contributed by atoms with Crippen LogP contribution in [0.15, 0.2) is 28.3 Å². The molecule has 0 aromatic heterocycles. The minimum absolute atomic E-state index is 0.557. The topological polar surface area (TPSA) is 38.4 Å². The van der Waals surface area contributed by atoms with E-state index < -0.39 is 0 Å². The molecule has 0 bridgehead atoms. The highest BCUT2D eigenvalue weighted by Crippen LogP contribution is 2.18. The number of hydrogen-bond acceptors (Lipinski definition) is 1. The SMILES string of the molecule is C/C=C\C(C(N)=NC)=C(\C)[C@H](C)CC. The van der Waals surface area contributed by atoms with Crippen molar-refractivity contribution in [1.29, 1.82) is 0 Å². The van der Waals surface area contributed by atoms with Gasteiger partial charge in [-0.3, -0.25) is 4.99 Å². The molecule has 0 heterocycles. The van der Waals surface area contributed by atoms with E-state index in [0.29, 0.717) is 11.8 Å². The van der Waals surface area contributed by atoms with Crippen molar-refractivity contribution in [3.8, 4) is 0 Å². The van der Waals surface area contributed by atoms with Crippen LogP contribution in [0.25, 0.3) is 0 Å². The summed E-state index contributed by atoms with van der Waals surface area (Å²) >= 11 is 0. The molecular weight excluding hydrogens is 172 g/mol. The Morgan fingerprint density at radius 2 is 2.07 bits per heavy atom. The van der Waals surface area contributed by atoms with Gasteiger partial charge in [0.05, 0.1) is 0 Å². The van der Waals surface area contributed by atoms with Crippen LogP contribution >= 0.6 is 0 Å². The molecule has 80 valence electrons. The summed E-state index contributed by atoms with van der Waals surface area (Å²) in [7, 11) is 1.72. The summed E-state index contributed by atoms with van der Waals surface area (Å²) in [6, 6.07) is 0. The molecule has 2 heteroatoms. The molecule has 0 aliphatic heterocycles. The molecule has 0 aromatic rings. The predicted molar refractivity (Wildman–Crippen MR) is 64.5 cm³/mol. The van der Waals surface area contributed by atoms with Crippen molar-refractivity contribution < 1.29 is 0 Å². The second kappa shape index (κ2) is 6.41. The average Bonchev–Trinajstić information content (AvgIpc) is 2.22. The van der Waals surface area contributed by atoms with Gasteiger partial charge in [-0.1, -0.05) is 31.6 Å². The van der Waals surface area contributed by atoms with Crippen LogP contribution < -0.4 is 5.73 Å². The molecule has 0 saturated heterocycles. The van der Waals surface area contributed by atoms with Crippen LogP contribution in [0.3, 0.4) is 0 Å². The summed E-state index contributed by atoms with van der Waals surface area (Å²) in [5.74, 6) is 1.18. The van der Waals surface area contributed by atoms with E-state index in [1.165, 1.54) is 5.57 Å². The van der Waals surface area contributed by atoms with Crippen molar-refractivity contribution in [3.63, 3.8) is 0 Å². The van der Waals surface area contributed by atoms with Crippen LogP contribution in [0.2, 0.25) is 0 Å². The molecule has 0 aliphatic rings. The molecule has 0 unspecified atom stereocenters. The van der Waals surface area contributed by atoms with Gasteiger partial charge in [0.15, 0.2) is 0 Å². The fraction of sp³-hybridized carbons (Fsp3) is 0.583. The zero-order valence-electron chi connectivity index (χ0n) is 9.96. The Balaban J connectivity index is 5.15. The molecular formula is C12H22N2. The summed E-state index contributed by atoms with van der Waals surface area (Å²) in [5, 5.41) is 0. The Bertz CT molecular complexity index is 259. The summed E-state index contributed by atoms with van der Waals surface area (Å²) in [6.07, 6.45) is 5.16. The maximum atomic E-state index is 5.84. The van der Waals surface area contributed by atoms with E-state index >= 15 is 0 Å². The summed E-state index contributed by atoms with van der Waals surface area (Å²) in [5.41, 5.74) is 8.22. The van der Waals surface area contributed by atoms with Crippen molar-refractivity contribution in [1.82, 2.24) is 0 Å². The van der Waals surface area contributed by atoms with Crippen molar-refractivity contribution in [3.05, 3.63) is 23.3 Å². The lowest BCUT2D eigenvalue weighted by atomic mass is 9.94. The highest BCUT2D eigenvalue weighted by molar-refractivity contribution is 6.00. The minimum Gasteiger partial charge on any atom is -0.384 e. The number of hydrogen-bond donors (Lipinski definition) is 1. The molecule has 0 aromatic carbocycles. The zero-order valence-corrected chi connectivity index (χ0v) is 9.96.